The van der Waals surface area contributed by atoms with Crippen LogP contribution in [-0.2, 0) is 10.3 Å². The van der Waals surface area contributed by atoms with E-state index in [0.717, 1.165) is 5.56 Å². The largest absolute Gasteiger partial charge is 0.454 e. The summed E-state index contributed by atoms with van der Waals surface area (Å²) in [5.41, 5.74) is 0.712. The quantitative estimate of drug-likeness (QED) is 0.901. The first-order valence-electron chi connectivity index (χ1n) is 7.51. The number of hydrogen-bond acceptors (Lipinski definition) is 4. The van der Waals surface area contributed by atoms with Crippen molar-refractivity contribution in [1.29, 1.82) is 0 Å². The molecule has 0 aliphatic carbocycles. The third-order valence-corrected chi connectivity index (χ3v) is 4.34. The van der Waals surface area contributed by atoms with Crippen LogP contribution in [0.5, 0.6) is 11.5 Å². The van der Waals surface area contributed by atoms with Crippen molar-refractivity contribution in [2.75, 3.05) is 20.4 Å². The van der Waals surface area contributed by atoms with Crippen LogP contribution in [0, 0.1) is 0 Å². The maximum atomic E-state index is 12.4. The molecule has 1 heterocycles. The Balaban J connectivity index is 1.72. The molecule has 2 aromatic carbocycles. The van der Waals surface area contributed by atoms with Gasteiger partial charge in [0.2, 0.25) is 6.79 Å². The van der Waals surface area contributed by atoms with E-state index in [-0.39, 0.29) is 12.7 Å². The SMILES string of the molecule is COC(C)(CNC(=O)c1ccc2c(c1)OCO2)c1cccc(Cl)c1. The Morgan fingerprint density at radius 2 is 2.04 bits per heavy atom. The number of methoxy groups -OCH3 is 1. The highest BCUT2D eigenvalue weighted by Crippen LogP contribution is 2.32. The predicted octanol–water partition coefficient (Wildman–Crippen LogP) is 3.36. The van der Waals surface area contributed by atoms with Gasteiger partial charge in [-0.1, -0.05) is 23.7 Å². The predicted molar refractivity (Wildman–Crippen MR) is 90.7 cm³/mol. The number of ether oxygens (including phenoxy) is 3. The molecule has 2 aromatic rings. The zero-order valence-corrected chi connectivity index (χ0v) is 14.2. The van der Waals surface area contributed by atoms with Gasteiger partial charge in [-0.3, -0.25) is 4.79 Å². The molecule has 0 fully saturated rings. The third kappa shape index (κ3) is 3.32. The van der Waals surface area contributed by atoms with Crippen molar-refractivity contribution in [2.45, 2.75) is 12.5 Å². The monoisotopic (exact) mass is 347 g/mol. The molecule has 3 rings (SSSR count). The number of carbonyl (C=O) groups is 1. The van der Waals surface area contributed by atoms with Gasteiger partial charge >= 0.3 is 0 Å². The van der Waals surface area contributed by atoms with Crippen LogP contribution in [0.3, 0.4) is 0 Å². The molecule has 0 saturated carbocycles. The lowest BCUT2D eigenvalue weighted by molar-refractivity contribution is 0.00315. The summed E-state index contributed by atoms with van der Waals surface area (Å²) in [6.07, 6.45) is 0. The number of nitrogens with one attached hydrogen (secondary N) is 1. The number of fused-ring (bicyclic) bond motifs is 1. The van der Waals surface area contributed by atoms with Crippen LogP contribution in [-0.4, -0.2) is 26.4 Å². The van der Waals surface area contributed by atoms with Crippen molar-refractivity contribution in [3.8, 4) is 11.5 Å². The number of benzene rings is 2. The van der Waals surface area contributed by atoms with Crippen molar-refractivity contribution in [3.63, 3.8) is 0 Å². The van der Waals surface area contributed by atoms with Gasteiger partial charge in [-0.15, -0.1) is 0 Å². The summed E-state index contributed by atoms with van der Waals surface area (Å²) in [6, 6.07) is 12.5. The lowest BCUT2D eigenvalue weighted by Crippen LogP contribution is -2.40. The third-order valence-electron chi connectivity index (χ3n) is 4.11. The second kappa shape index (κ2) is 6.71. The van der Waals surface area contributed by atoms with E-state index >= 15 is 0 Å². The summed E-state index contributed by atoms with van der Waals surface area (Å²) in [5.74, 6) is 1.01. The van der Waals surface area contributed by atoms with E-state index in [1.54, 1.807) is 31.4 Å². The van der Waals surface area contributed by atoms with Crippen molar-refractivity contribution >= 4 is 17.5 Å². The first-order valence-corrected chi connectivity index (χ1v) is 7.89. The summed E-state index contributed by atoms with van der Waals surface area (Å²) in [7, 11) is 1.60. The minimum absolute atomic E-state index is 0.177. The molecule has 1 aliphatic heterocycles. The molecule has 0 bridgehead atoms. The fraction of sp³-hybridized carbons (Fsp3) is 0.278. The highest BCUT2D eigenvalue weighted by molar-refractivity contribution is 6.30. The van der Waals surface area contributed by atoms with E-state index in [1.807, 2.05) is 25.1 Å². The molecular weight excluding hydrogens is 330 g/mol. The second-order valence-electron chi connectivity index (χ2n) is 5.70. The topological polar surface area (TPSA) is 56.8 Å². The van der Waals surface area contributed by atoms with E-state index in [4.69, 9.17) is 25.8 Å². The Hall–Kier alpha value is -2.24. The Morgan fingerprint density at radius 3 is 2.79 bits per heavy atom. The van der Waals surface area contributed by atoms with E-state index in [2.05, 4.69) is 5.32 Å². The Labute approximate surface area is 145 Å². The summed E-state index contributed by atoms with van der Waals surface area (Å²) in [4.78, 5) is 12.4. The number of rotatable bonds is 5. The molecule has 5 nitrogen and oxygen atoms in total. The molecule has 24 heavy (non-hydrogen) atoms. The van der Waals surface area contributed by atoms with E-state index in [0.29, 0.717) is 28.6 Å². The molecular formula is C18H18ClNO4. The van der Waals surface area contributed by atoms with Crippen molar-refractivity contribution in [2.24, 2.45) is 0 Å². The van der Waals surface area contributed by atoms with Crippen molar-refractivity contribution < 1.29 is 19.0 Å². The minimum Gasteiger partial charge on any atom is -0.454 e. The number of halogens is 1. The van der Waals surface area contributed by atoms with Crippen LogP contribution >= 0.6 is 11.6 Å². The Morgan fingerprint density at radius 1 is 1.25 bits per heavy atom. The maximum absolute atomic E-state index is 12.4. The smallest absolute Gasteiger partial charge is 0.251 e. The van der Waals surface area contributed by atoms with Crippen LogP contribution in [0.1, 0.15) is 22.8 Å². The highest BCUT2D eigenvalue weighted by atomic mass is 35.5. The molecule has 1 amide bonds. The first-order chi connectivity index (χ1) is 11.5. The van der Waals surface area contributed by atoms with Gasteiger partial charge in [0, 0.05) is 17.7 Å². The Kier molecular flexibility index (Phi) is 4.64. The molecule has 1 unspecified atom stereocenters. The standard InChI is InChI=1S/C18H18ClNO4/c1-18(22-2,13-4-3-5-14(19)9-13)10-20-17(21)12-6-7-15-16(8-12)24-11-23-15/h3-9H,10-11H2,1-2H3,(H,20,21). The van der Waals surface area contributed by atoms with Crippen molar-refractivity contribution in [3.05, 3.63) is 58.6 Å². The Bertz CT molecular complexity index is 764. The van der Waals surface area contributed by atoms with Gasteiger partial charge in [-0.25, -0.2) is 0 Å². The maximum Gasteiger partial charge on any atom is 0.251 e. The van der Waals surface area contributed by atoms with Gasteiger partial charge in [0.25, 0.3) is 5.91 Å². The molecule has 0 spiro atoms. The summed E-state index contributed by atoms with van der Waals surface area (Å²) >= 11 is 6.05. The van der Waals surface area contributed by atoms with Crippen LogP contribution in [0.15, 0.2) is 42.5 Å². The van der Waals surface area contributed by atoms with Gasteiger partial charge in [0.15, 0.2) is 11.5 Å². The van der Waals surface area contributed by atoms with Crippen LogP contribution in [0.2, 0.25) is 5.02 Å². The van der Waals surface area contributed by atoms with E-state index in [9.17, 15) is 4.79 Å². The average molecular weight is 348 g/mol. The first kappa shape index (κ1) is 16.6. The normalized spacial score (nSPS) is 15.0. The molecule has 1 atom stereocenters. The second-order valence-corrected chi connectivity index (χ2v) is 6.13. The van der Waals surface area contributed by atoms with Gasteiger partial charge in [0.1, 0.15) is 5.60 Å². The molecule has 6 heteroatoms. The van der Waals surface area contributed by atoms with Crippen LogP contribution < -0.4 is 14.8 Å². The zero-order valence-electron chi connectivity index (χ0n) is 13.5. The molecule has 1 N–H and O–H groups in total. The molecule has 0 radical (unpaired) electrons. The van der Waals surface area contributed by atoms with Gasteiger partial charge in [-0.2, -0.15) is 0 Å². The molecule has 0 saturated heterocycles. The van der Waals surface area contributed by atoms with E-state index < -0.39 is 5.60 Å². The number of amides is 1. The lowest BCUT2D eigenvalue weighted by atomic mass is 9.95. The van der Waals surface area contributed by atoms with Crippen LogP contribution in [0.25, 0.3) is 0 Å². The van der Waals surface area contributed by atoms with Crippen LogP contribution in [0.4, 0.5) is 0 Å². The fourth-order valence-corrected chi connectivity index (χ4v) is 2.69. The van der Waals surface area contributed by atoms with Gasteiger partial charge in [0.05, 0.1) is 6.54 Å². The zero-order chi connectivity index (χ0) is 17.2. The summed E-state index contributed by atoms with van der Waals surface area (Å²) in [6.45, 7) is 2.38. The average Bonchev–Trinajstić information content (AvgIpc) is 3.07. The number of hydrogen-bond donors (Lipinski definition) is 1. The van der Waals surface area contributed by atoms with Crippen molar-refractivity contribution in [1.82, 2.24) is 5.32 Å². The van der Waals surface area contributed by atoms with Gasteiger partial charge < -0.3 is 19.5 Å². The highest BCUT2D eigenvalue weighted by Gasteiger charge is 2.27. The molecule has 126 valence electrons. The van der Waals surface area contributed by atoms with Gasteiger partial charge in [-0.05, 0) is 42.8 Å². The fourth-order valence-electron chi connectivity index (χ4n) is 2.50. The summed E-state index contributed by atoms with van der Waals surface area (Å²) in [5, 5.41) is 3.52. The lowest BCUT2D eigenvalue weighted by Gasteiger charge is -2.29. The summed E-state index contributed by atoms with van der Waals surface area (Å²) < 4.78 is 16.2. The molecule has 0 aromatic heterocycles. The number of carbonyl (C=O) groups excluding carboxylic acids is 1. The molecule has 1 aliphatic rings. The van der Waals surface area contributed by atoms with E-state index in [1.165, 1.54) is 0 Å². The minimum atomic E-state index is -0.684.